The van der Waals surface area contributed by atoms with Crippen molar-refractivity contribution < 1.29 is 19.8 Å². The van der Waals surface area contributed by atoms with Crippen molar-refractivity contribution in [2.24, 2.45) is 5.92 Å². The van der Waals surface area contributed by atoms with Crippen molar-refractivity contribution >= 4 is 11.9 Å². The molecule has 0 bridgehead atoms. The molecule has 0 aliphatic heterocycles. The topological polar surface area (TPSA) is 86.6 Å². The minimum atomic E-state index is -1.13. The highest BCUT2D eigenvalue weighted by Crippen LogP contribution is 2.05. The summed E-state index contributed by atoms with van der Waals surface area (Å²) in [6.07, 6.45) is -0.490. The van der Waals surface area contributed by atoms with E-state index >= 15 is 0 Å². The number of hydrogen-bond acceptors (Lipinski definition) is 3. The second-order valence-electron chi connectivity index (χ2n) is 3.95. The van der Waals surface area contributed by atoms with E-state index in [1.54, 1.807) is 6.92 Å². The van der Waals surface area contributed by atoms with Gasteiger partial charge in [-0.25, -0.2) is 4.79 Å². The van der Waals surface area contributed by atoms with E-state index in [4.69, 9.17) is 5.11 Å². The molecule has 0 radical (unpaired) electrons. The zero-order valence-corrected chi connectivity index (χ0v) is 9.36. The average Bonchev–Trinajstić information content (AvgIpc) is 2.11. The van der Waals surface area contributed by atoms with Crippen molar-refractivity contribution in [3.63, 3.8) is 0 Å². The lowest BCUT2D eigenvalue weighted by atomic mass is 10.1. The molecule has 2 atom stereocenters. The van der Waals surface area contributed by atoms with E-state index in [0.717, 1.165) is 0 Å². The molecule has 0 spiro atoms. The molecule has 0 rings (SSSR count). The van der Waals surface area contributed by atoms with E-state index in [-0.39, 0.29) is 5.92 Å². The molecule has 0 saturated heterocycles. The third-order valence-electron chi connectivity index (χ3n) is 2.02. The van der Waals surface area contributed by atoms with Gasteiger partial charge in [0.1, 0.15) is 12.1 Å². The maximum absolute atomic E-state index is 11.3. The van der Waals surface area contributed by atoms with Gasteiger partial charge in [-0.05, 0) is 18.8 Å². The lowest BCUT2D eigenvalue weighted by Gasteiger charge is -2.16. The van der Waals surface area contributed by atoms with Gasteiger partial charge < -0.3 is 15.5 Å². The van der Waals surface area contributed by atoms with E-state index in [1.807, 2.05) is 13.8 Å². The van der Waals surface area contributed by atoms with Gasteiger partial charge in [0.05, 0.1) is 0 Å². The second-order valence-corrected chi connectivity index (χ2v) is 3.95. The van der Waals surface area contributed by atoms with Gasteiger partial charge in [0.25, 0.3) is 0 Å². The Morgan fingerprint density at radius 1 is 1.33 bits per heavy atom. The molecule has 0 fully saturated rings. The normalized spacial score (nSPS) is 14.7. The Hall–Kier alpha value is -1.10. The van der Waals surface area contributed by atoms with Gasteiger partial charge in [0.15, 0.2) is 0 Å². The summed E-state index contributed by atoms with van der Waals surface area (Å²) in [5.41, 5.74) is 0. The summed E-state index contributed by atoms with van der Waals surface area (Å²) in [5, 5.41) is 20.4. The van der Waals surface area contributed by atoms with E-state index in [1.165, 1.54) is 0 Å². The highest BCUT2D eigenvalue weighted by Gasteiger charge is 2.22. The SMILES string of the molecule is CC[C@@H](NC(=O)[C@H](O)CC(C)C)C(=O)O. The van der Waals surface area contributed by atoms with Crippen LogP contribution >= 0.6 is 0 Å². The van der Waals surface area contributed by atoms with Crippen LogP contribution in [0.25, 0.3) is 0 Å². The van der Waals surface area contributed by atoms with Gasteiger partial charge in [0, 0.05) is 0 Å². The molecular formula is C10H19NO4. The zero-order chi connectivity index (χ0) is 12.0. The third kappa shape index (κ3) is 5.37. The summed E-state index contributed by atoms with van der Waals surface area (Å²) >= 11 is 0. The van der Waals surface area contributed by atoms with E-state index in [2.05, 4.69) is 5.32 Å². The molecule has 3 N–H and O–H groups in total. The number of aliphatic hydroxyl groups is 1. The molecule has 0 aliphatic carbocycles. The van der Waals surface area contributed by atoms with Crippen LogP contribution in [0.2, 0.25) is 0 Å². The largest absolute Gasteiger partial charge is 0.480 e. The predicted molar refractivity (Wildman–Crippen MR) is 55.3 cm³/mol. The molecule has 15 heavy (non-hydrogen) atoms. The first kappa shape index (κ1) is 13.9. The quantitative estimate of drug-likeness (QED) is 0.600. The zero-order valence-electron chi connectivity index (χ0n) is 9.36. The number of rotatable bonds is 6. The van der Waals surface area contributed by atoms with E-state index in [0.29, 0.717) is 12.8 Å². The summed E-state index contributed by atoms with van der Waals surface area (Å²) in [5.74, 6) is -1.50. The average molecular weight is 217 g/mol. The Morgan fingerprint density at radius 3 is 2.20 bits per heavy atom. The number of aliphatic hydroxyl groups excluding tert-OH is 1. The first-order valence-corrected chi connectivity index (χ1v) is 5.09. The number of carboxylic acid groups (broad SMARTS) is 1. The summed E-state index contributed by atoms with van der Waals surface area (Å²) < 4.78 is 0. The fourth-order valence-corrected chi connectivity index (χ4v) is 1.16. The molecule has 0 aliphatic rings. The van der Waals surface area contributed by atoms with Crippen LogP contribution in [0.15, 0.2) is 0 Å². The summed E-state index contributed by atoms with van der Waals surface area (Å²) in [4.78, 5) is 21.9. The Balaban J connectivity index is 4.16. The first-order chi connectivity index (χ1) is 6.88. The number of carbonyl (C=O) groups is 2. The third-order valence-corrected chi connectivity index (χ3v) is 2.02. The highest BCUT2D eigenvalue weighted by atomic mass is 16.4. The van der Waals surface area contributed by atoms with Crippen LogP contribution < -0.4 is 5.32 Å². The summed E-state index contributed by atoms with van der Waals surface area (Å²) in [6, 6.07) is -0.917. The van der Waals surface area contributed by atoms with Crippen LogP contribution in [0.5, 0.6) is 0 Å². The van der Waals surface area contributed by atoms with Crippen molar-refractivity contribution in [1.82, 2.24) is 5.32 Å². The lowest BCUT2D eigenvalue weighted by Crippen LogP contribution is -2.45. The monoisotopic (exact) mass is 217 g/mol. The van der Waals surface area contributed by atoms with Crippen LogP contribution in [0, 0.1) is 5.92 Å². The number of carbonyl (C=O) groups excluding carboxylic acids is 1. The Kier molecular flexibility index (Phi) is 5.93. The predicted octanol–water partition coefficient (Wildman–Crippen LogP) is 0.373. The van der Waals surface area contributed by atoms with Gasteiger partial charge in [-0.2, -0.15) is 0 Å². The van der Waals surface area contributed by atoms with Gasteiger partial charge in [-0.3, -0.25) is 4.79 Å². The van der Waals surface area contributed by atoms with Crippen molar-refractivity contribution in [3.8, 4) is 0 Å². The molecule has 1 amide bonds. The molecule has 0 aromatic rings. The Labute approximate surface area is 89.5 Å². The molecule has 5 nitrogen and oxygen atoms in total. The standard InChI is InChI=1S/C10H19NO4/c1-4-7(10(14)15)11-9(13)8(12)5-6(2)3/h6-8,12H,4-5H2,1-3H3,(H,11,13)(H,14,15)/t7-,8-/m1/s1. The Morgan fingerprint density at radius 2 is 1.87 bits per heavy atom. The van der Waals surface area contributed by atoms with Gasteiger partial charge in [-0.15, -0.1) is 0 Å². The van der Waals surface area contributed by atoms with Crippen molar-refractivity contribution in [1.29, 1.82) is 0 Å². The van der Waals surface area contributed by atoms with Crippen LogP contribution in [0.3, 0.4) is 0 Å². The number of hydrogen-bond donors (Lipinski definition) is 3. The molecule has 0 saturated carbocycles. The van der Waals surface area contributed by atoms with Crippen LogP contribution in [-0.4, -0.2) is 34.2 Å². The van der Waals surface area contributed by atoms with Crippen LogP contribution in [0.1, 0.15) is 33.6 Å². The van der Waals surface area contributed by atoms with Crippen LogP contribution in [0.4, 0.5) is 0 Å². The van der Waals surface area contributed by atoms with Crippen LogP contribution in [-0.2, 0) is 9.59 Å². The molecule has 0 aromatic heterocycles. The summed E-state index contributed by atoms with van der Waals surface area (Å²) in [7, 11) is 0. The maximum atomic E-state index is 11.3. The lowest BCUT2D eigenvalue weighted by molar-refractivity contribution is -0.143. The smallest absolute Gasteiger partial charge is 0.326 e. The maximum Gasteiger partial charge on any atom is 0.326 e. The molecule has 0 unspecified atom stereocenters. The minimum absolute atomic E-state index is 0.190. The number of aliphatic carboxylic acids is 1. The number of amides is 1. The fourth-order valence-electron chi connectivity index (χ4n) is 1.16. The van der Waals surface area contributed by atoms with E-state index in [9.17, 15) is 14.7 Å². The minimum Gasteiger partial charge on any atom is -0.480 e. The highest BCUT2D eigenvalue weighted by molar-refractivity contribution is 5.86. The molecule has 0 aromatic carbocycles. The Bertz CT molecular complexity index is 227. The number of carboxylic acids is 1. The van der Waals surface area contributed by atoms with Gasteiger partial charge in [-0.1, -0.05) is 20.8 Å². The molecule has 88 valence electrons. The van der Waals surface area contributed by atoms with E-state index < -0.39 is 24.0 Å². The van der Waals surface area contributed by atoms with Crippen molar-refractivity contribution in [3.05, 3.63) is 0 Å². The van der Waals surface area contributed by atoms with Crippen molar-refractivity contribution in [2.45, 2.75) is 45.8 Å². The molecule has 0 heterocycles. The molecule has 5 heteroatoms. The molecular weight excluding hydrogens is 198 g/mol. The first-order valence-electron chi connectivity index (χ1n) is 5.09. The van der Waals surface area contributed by atoms with Crippen molar-refractivity contribution in [2.75, 3.05) is 0 Å². The second kappa shape index (κ2) is 6.40. The van der Waals surface area contributed by atoms with Gasteiger partial charge in [0.2, 0.25) is 5.91 Å². The van der Waals surface area contributed by atoms with Gasteiger partial charge >= 0.3 is 5.97 Å². The fraction of sp³-hybridized carbons (Fsp3) is 0.800. The number of nitrogens with one attached hydrogen (secondary N) is 1. The summed E-state index contributed by atoms with van der Waals surface area (Å²) in [6.45, 7) is 5.42.